The van der Waals surface area contributed by atoms with Crippen LogP contribution in [0.3, 0.4) is 0 Å². The molecule has 0 saturated carbocycles. The Kier molecular flexibility index (Phi) is 4.19. The van der Waals surface area contributed by atoms with Gasteiger partial charge in [-0.1, -0.05) is 0 Å². The van der Waals surface area contributed by atoms with Gasteiger partial charge < -0.3 is 10.2 Å². The van der Waals surface area contributed by atoms with Crippen molar-refractivity contribution in [1.29, 1.82) is 0 Å². The van der Waals surface area contributed by atoms with Crippen LogP contribution in [0.25, 0.3) is 0 Å². The van der Waals surface area contributed by atoms with Gasteiger partial charge in [0, 0.05) is 5.69 Å². The zero-order chi connectivity index (χ0) is 17.3. The van der Waals surface area contributed by atoms with E-state index in [4.69, 9.17) is 0 Å². The first-order chi connectivity index (χ1) is 11.4. The average molecular weight is 347 g/mol. The number of phenols is 1. The van der Waals surface area contributed by atoms with Crippen molar-refractivity contribution in [2.75, 3.05) is 4.72 Å². The van der Waals surface area contributed by atoms with E-state index in [-0.39, 0.29) is 16.2 Å². The normalized spacial score (nSPS) is 14.0. The molecule has 0 aliphatic heterocycles. The molecule has 0 saturated heterocycles. The number of sulfonamides is 1. The number of phenolic OH excluding ortho intramolecular Hbond substituents is 1. The van der Waals surface area contributed by atoms with Gasteiger partial charge in [-0.2, -0.15) is 0 Å². The molecule has 0 amide bonds. The molecule has 0 atom stereocenters. The molecule has 3 N–H and O–H groups in total. The standard InChI is InChI=1S/C17H17NO5S/c19-14-7-5-13(6-8-14)18-24(22,23)16-10-12(17(20)21)9-11-3-1-2-4-15(11)16/h5-10,18-19H,1-4H2,(H,20,21). The van der Waals surface area contributed by atoms with Gasteiger partial charge in [0.05, 0.1) is 10.5 Å². The summed E-state index contributed by atoms with van der Waals surface area (Å²) in [5.41, 5.74) is 1.75. The fraction of sp³-hybridized carbons (Fsp3) is 0.235. The van der Waals surface area contributed by atoms with E-state index >= 15 is 0 Å². The minimum absolute atomic E-state index is 0.0187. The second-order valence-electron chi connectivity index (χ2n) is 5.78. The Balaban J connectivity index is 2.07. The van der Waals surface area contributed by atoms with Crippen molar-refractivity contribution in [3.05, 3.63) is 53.1 Å². The van der Waals surface area contributed by atoms with Crippen LogP contribution in [-0.2, 0) is 22.9 Å². The first kappa shape index (κ1) is 16.3. The average Bonchev–Trinajstić information content (AvgIpc) is 2.55. The van der Waals surface area contributed by atoms with E-state index in [0.717, 1.165) is 18.4 Å². The Morgan fingerprint density at radius 2 is 1.71 bits per heavy atom. The quantitative estimate of drug-likeness (QED) is 0.738. The third kappa shape index (κ3) is 3.21. The number of aromatic hydroxyl groups is 1. The van der Waals surface area contributed by atoms with Gasteiger partial charge in [0.25, 0.3) is 10.0 Å². The van der Waals surface area contributed by atoms with Crippen LogP contribution in [0, 0.1) is 0 Å². The van der Waals surface area contributed by atoms with Crippen LogP contribution in [0.4, 0.5) is 5.69 Å². The van der Waals surface area contributed by atoms with Crippen LogP contribution in [0.1, 0.15) is 34.3 Å². The highest BCUT2D eigenvalue weighted by atomic mass is 32.2. The Labute approximate surface area is 139 Å². The summed E-state index contributed by atoms with van der Waals surface area (Å²) in [4.78, 5) is 11.3. The predicted molar refractivity (Wildman–Crippen MR) is 89.0 cm³/mol. The molecule has 2 aromatic carbocycles. The van der Waals surface area contributed by atoms with Gasteiger partial charge in [0.2, 0.25) is 0 Å². The zero-order valence-corrected chi connectivity index (χ0v) is 13.6. The molecule has 24 heavy (non-hydrogen) atoms. The molecule has 0 heterocycles. The number of benzene rings is 2. The van der Waals surface area contributed by atoms with Crippen LogP contribution in [0.2, 0.25) is 0 Å². The van der Waals surface area contributed by atoms with Gasteiger partial charge in [0.1, 0.15) is 5.75 Å². The smallest absolute Gasteiger partial charge is 0.335 e. The molecule has 1 aliphatic rings. The molecule has 0 radical (unpaired) electrons. The number of fused-ring (bicyclic) bond motifs is 1. The van der Waals surface area contributed by atoms with Gasteiger partial charge >= 0.3 is 5.97 Å². The van der Waals surface area contributed by atoms with Crippen molar-refractivity contribution in [3.63, 3.8) is 0 Å². The highest BCUT2D eigenvalue weighted by molar-refractivity contribution is 7.92. The fourth-order valence-electron chi connectivity index (χ4n) is 2.93. The minimum atomic E-state index is -3.92. The minimum Gasteiger partial charge on any atom is -0.508 e. The lowest BCUT2D eigenvalue weighted by Gasteiger charge is -2.20. The van der Waals surface area contributed by atoms with E-state index in [2.05, 4.69) is 4.72 Å². The number of carbonyl (C=O) groups is 1. The monoisotopic (exact) mass is 347 g/mol. The Bertz CT molecular complexity index is 888. The van der Waals surface area contributed by atoms with Crippen molar-refractivity contribution >= 4 is 21.7 Å². The molecule has 7 heteroatoms. The molecule has 6 nitrogen and oxygen atoms in total. The second kappa shape index (κ2) is 6.16. The number of carboxylic acids is 1. The van der Waals surface area contributed by atoms with Gasteiger partial charge in [0.15, 0.2) is 0 Å². The summed E-state index contributed by atoms with van der Waals surface area (Å²) in [6.45, 7) is 0. The summed E-state index contributed by atoms with van der Waals surface area (Å²) in [5, 5.41) is 18.5. The number of anilines is 1. The molecule has 0 fully saturated rings. The van der Waals surface area contributed by atoms with Crippen molar-refractivity contribution in [2.45, 2.75) is 30.6 Å². The topological polar surface area (TPSA) is 104 Å². The number of carboxylic acid groups (broad SMARTS) is 1. The summed E-state index contributed by atoms with van der Waals surface area (Å²) < 4.78 is 28.0. The third-order valence-corrected chi connectivity index (χ3v) is 5.53. The van der Waals surface area contributed by atoms with Crippen molar-refractivity contribution in [2.24, 2.45) is 0 Å². The van der Waals surface area contributed by atoms with E-state index in [1.165, 1.54) is 30.3 Å². The van der Waals surface area contributed by atoms with Gasteiger partial charge in [-0.25, -0.2) is 13.2 Å². The number of hydrogen-bond acceptors (Lipinski definition) is 4. The van der Waals surface area contributed by atoms with Crippen LogP contribution >= 0.6 is 0 Å². The van der Waals surface area contributed by atoms with Crippen LogP contribution < -0.4 is 4.72 Å². The molecule has 126 valence electrons. The van der Waals surface area contributed by atoms with Crippen molar-refractivity contribution in [3.8, 4) is 5.75 Å². The van der Waals surface area contributed by atoms with E-state index in [9.17, 15) is 23.4 Å². The van der Waals surface area contributed by atoms with Crippen molar-refractivity contribution < 1.29 is 23.4 Å². The molecular weight excluding hydrogens is 330 g/mol. The highest BCUT2D eigenvalue weighted by Crippen LogP contribution is 2.30. The van der Waals surface area contributed by atoms with Crippen LogP contribution in [0.5, 0.6) is 5.75 Å². The Morgan fingerprint density at radius 1 is 1.04 bits per heavy atom. The maximum absolute atomic E-state index is 12.8. The molecule has 0 bridgehead atoms. The molecular formula is C17H17NO5S. The summed E-state index contributed by atoms with van der Waals surface area (Å²) in [6.07, 6.45) is 3.08. The molecule has 0 spiro atoms. The first-order valence-electron chi connectivity index (χ1n) is 7.58. The maximum atomic E-state index is 12.8. The number of nitrogens with one attached hydrogen (secondary N) is 1. The fourth-order valence-corrected chi connectivity index (χ4v) is 4.33. The number of aromatic carboxylic acids is 1. The largest absolute Gasteiger partial charge is 0.508 e. The molecule has 3 rings (SSSR count). The van der Waals surface area contributed by atoms with E-state index < -0.39 is 16.0 Å². The zero-order valence-electron chi connectivity index (χ0n) is 12.8. The number of hydrogen-bond donors (Lipinski definition) is 3. The first-order valence-corrected chi connectivity index (χ1v) is 9.06. The SMILES string of the molecule is O=C(O)c1cc2c(c(S(=O)(=O)Nc3ccc(O)cc3)c1)CCCC2. The van der Waals surface area contributed by atoms with E-state index in [1.54, 1.807) is 6.07 Å². The molecule has 2 aromatic rings. The van der Waals surface area contributed by atoms with Gasteiger partial charge in [-0.05, 0) is 73.2 Å². The predicted octanol–water partition coefficient (Wildman–Crippen LogP) is 2.77. The van der Waals surface area contributed by atoms with Crippen LogP contribution in [-0.4, -0.2) is 24.6 Å². The van der Waals surface area contributed by atoms with Gasteiger partial charge in [-0.15, -0.1) is 0 Å². The molecule has 0 aromatic heterocycles. The molecule has 0 unspecified atom stereocenters. The maximum Gasteiger partial charge on any atom is 0.335 e. The van der Waals surface area contributed by atoms with Crippen LogP contribution in [0.15, 0.2) is 41.3 Å². The second-order valence-corrected chi connectivity index (χ2v) is 7.43. The van der Waals surface area contributed by atoms with Gasteiger partial charge in [-0.3, -0.25) is 4.72 Å². The molecule has 1 aliphatic carbocycles. The Morgan fingerprint density at radius 3 is 2.38 bits per heavy atom. The lowest BCUT2D eigenvalue weighted by atomic mass is 9.90. The van der Waals surface area contributed by atoms with E-state index in [1.807, 2.05) is 0 Å². The summed E-state index contributed by atoms with van der Waals surface area (Å²) in [7, 11) is -3.92. The lowest BCUT2D eigenvalue weighted by molar-refractivity contribution is 0.0696. The lowest BCUT2D eigenvalue weighted by Crippen LogP contribution is -2.19. The Hall–Kier alpha value is -2.54. The number of rotatable bonds is 4. The van der Waals surface area contributed by atoms with E-state index in [0.29, 0.717) is 24.1 Å². The third-order valence-electron chi connectivity index (χ3n) is 4.08. The summed E-state index contributed by atoms with van der Waals surface area (Å²) >= 11 is 0. The highest BCUT2D eigenvalue weighted by Gasteiger charge is 2.25. The summed E-state index contributed by atoms with van der Waals surface area (Å²) in [5.74, 6) is -1.12. The van der Waals surface area contributed by atoms with Crippen molar-refractivity contribution in [1.82, 2.24) is 0 Å². The summed E-state index contributed by atoms with van der Waals surface area (Å²) in [6, 6.07) is 8.42. The number of aryl methyl sites for hydroxylation is 1.